The summed E-state index contributed by atoms with van der Waals surface area (Å²) < 4.78 is 5.78. The summed E-state index contributed by atoms with van der Waals surface area (Å²) in [4.78, 5) is 0. The Kier molecular flexibility index (Phi) is 26.9. The van der Waals surface area contributed by atoms with E-state index in [2.05, 4.69) is 13.8 Å². The smallest absolute Gasteiger partial charge is 0.0466 e. The lowest BCUT2D eigenvalue weighted by molar-refractivity contribution is 0.125. The molecule has 0 saturated carbocycles. The van der Waals surface area contributed by atoms with Crippen molar-refractivity contribution in [1.29, 1.82) is 0 Å². The largest absolute Gasteiger partial charge is 0.381 e. The van der Waals surface area contributed by atoms with Gasteiger partial charge in [-0.15, -0.1) is 0 Å². The molecule has 0 rings (SSSR count). The van der Waals surface area contributed by atoms with E-state index in [9.17, 15) is 0 Å². The minimum atomic E-state index is 0.993. The molecule has 28 heavy (non-hydrogen) atoms. The predicted molar refractivity (Wildman–Crippen MR) is 128 cm³/mol. The van der Waals surface area contributed by atoms with Gasteiger partial charge in [0.25, 0.3) is 0 Å². The van der Waals surface area contributed by atoms with Gasteiger partial charge in [-0.2, -0.15) is 0 Å². The Morgan fingerprint density at radius 1 is 0.286 bits per heavy atom. The van der Waals surface area contributed by atoms with Crippen molar-refractivity contribution in [1.82, 2.24) is 0 Å². The van der Waals surface area contributed by atoms with E-state index in [-0.39, 0.29) is 0 Å². The first-order valence-corrected chi connectivity index (χ1v) is 13.5. The van der Waals surface area contributed by atoms with Crippen molar-refractivity contribution >= 4 is 0 Å². The molecule has 170 valence electrons. The van der Waals surface area contributed by atoms with Crippen LogP contribution >= 0.6 is 0 Å². The third kappa shape index (κ3) is 26.0. The predicted octanol–water partition coefficient (Wildman–Crippen LogP) is 10.0. The van der Waals surface area contributed by atoms with Crippen LogP contribution in [0, 0.1) is 0 Å². The lowest BCUT2D eigenvalue weighted by Gasteiger charge is -2.05. The van der Waals surface area contributed by atoms with Crippen LogP contribution in [0.4, 0.5) is 0 Å². The van der Waals surface area contributed by atoms with E-state index in [1.54, 1.807) is 0 Å². The van der Waals surface area contributed by atoms with Crippen molar-refractivity contribution in [2.45, 2.75) is 162 Å². The Bertz CT molecular complexity index is 225. The minimum Gasteiger partial charge on any atom is -0.381 e. The molecule has 0 aromatic rings. The van der Waals surface area contributed by atoms with E-state index < -0.39 is 0 Å². The Morgan fingerprint density at radius 2 is 0.500 bits per heavy atom. The maximum absolute atomic E-state index is 5.78. The maximum atomic E-state index is 5.78. The van der Waals surface area contributed by atoms with Crippen molar-refractivity contribution in [3.63, 3.8) is 0 Å². The van der Waals surface area contributed by atoms with Crippen LogP contribution < -0.4 is 0 Å². The van der Waals surface area contributed by atoms with Crippen molar-refractivity contribution in [2.24, 2.45) is 0 Å². The monoisotopic (exact) mass is 396 g/mol. The van der Waals surface area contributed by atoms with Gasteiger partial charge < -0.3 is 4.74 Å². The zero-order valence-electron chi connectivity index (χ0n) is 20.1. The van der Waals surface area contributed by atoms with Crippen LogP contribution in [0.3, 0.4) is 0 Å². The van der Waals surface area contributed by atoms with E-state index in [1.165, 1.54) is 148 Å². The molecule has 0 aliphatic rings. The number of hydrogen-bond donors (Lipinski definition) is 0. The van der Waals surface area contributed by atoms with E-state index >= 15 is 0 Å². The van der Waals surface area contributed by atoms with Gasteiger partial charge in [-0.25, -0.2) is 0 Å². The minimum absolute atomic E-state index is 0.993. The Morgan fingerprint density at radius 3 is 0.750 bits per heavy atom. The second-order valence-corrected chi connectivity index (χ2v) is 9.04. The molecule has 0 heterocycles. The van der Waals surface area contributed by atoms with Crippen molar-refractivity contribution in [3.8, 4) is 0 Å². The van der Waals surface area contributed by atoms with Gasteiger partial charge in [-0.1, -0.05) is 149 Å². The first-order valence-electron chi connectivity index (χ1n) is 13.5. The molecular formula is C27H56O. The van der Waals surface area contributed by atoms with Crippen LogP contribution in [0.5, 0.6) is 0 Å². The third-order valence-corrected chi connectivity index (χ3v) is 6.03. The zero-order chi connectivity index (χ0) is 20.4. The molecule has 0 N–H and O–H groups in total. The van der Waals surface area contributed by atoms with Crippen LogP contribution in [0.25, 0.3) is 0 Å². The normalized spacial score (nSPS) is 11.4. The lowest BCUT2D eigenvalue weighted by atomic mass is 10.0. The first-order chi connectivity index (χ1) is 13.9. The van der Waals surface area contributed by atoms with Crippen LogP contribution in [0.15, 0.2) is 0 Å². The van der Waals surface area contributed by atoms with Gasteiger partial charge >= 0.3 is 0 Å². The number of unbranched alkanes of at least 4 members (excludes halogenated alkanes) is 21. The summed E-state index contributed by atoms with van der Waals surface area (Å²) >= 11 is 0. The quantitative estimate of drug-likeness (QED) is 0.139. The molecule has 0 amide bonds. The average Bonchev–Trinajstić information content (AvgIpc) is 2.71. The Hall–Kier alpha value is -0.0400. The average molecular weight is 397 g/mol. The van der Waals surface area contributed by atoms with Gasteiger partial charge in [-0.05, 0) is 12.8 Å². The lowest BCUT2D eigenvalue weighted by Crippen LogP contribution is -1.97. The summed E-state index contributed by atoms with van der Waals surface area (Å²) in [5, 5.41) is 0. The highest BCUT2D eigenvalue weighted by Crippen LogP contribution is 2.13. The van der Waals surface area contributed by atoms with Gasteiger partial charge in [0.1, 0.15) is 0 Å². The molecule has 0 atom stereocenters. The van der Waals surface area contributed by atoms with Crippen molar-refractivity contribution < 1.29 is 4.74 Å². The zero-order valence-corrected chi connectivity index (χ0v) is 20.1. The van der Waals surface area contributed by atoms with Crippen molar-refractivity contribution in [2.75, 3.05) is 13.2 Å². The summed E-state index contributed by atoms with van der Waals surface area (Å²) in [7, 11) is 0. The molecule has 0 unspecified atom stereocenters. The van der Waals surface area contributed by atoms with Crippen LogP contribution in [-0.2, 0) is 4.74 Å². The van der Waals surface area contributed by atoms with E-state index in [1.807, 2.05) is 0 Å². The molecule has 0 aliphatic heterocycles. The highest BCUT2D eigenvalue weighted by Gasteiger charge is 1.95. The first kappa shape index (κ1) is 28.0. The molecule has 0 radical (unpaired) electrons. The SMILES string of the molecule is CCCCCCCCCCCCCCCCCCOCCCCCCCCC. The molecule has 0 bridgehead atoms. The van der Waals surface area contributed by atoms with Crippen molar-refractivity contribution in [3.05, 3.63) is 0 Å². The molecule has 0 fully saturated rings. The molecule has 0 aliphatic carbocycles. The van der Waals surface area contributed by atoms with Crippen LogP contribution in [-0.4, -0.2) is 13.2 Å². The van der Waals surface area contributed by atoms with Gasteiger partial charge in [0.2, 0.25) is 0 Å². The molecule has 0 aromatic heterocycles. The fourth-order valence-electron chi connectivity index (χ4n) is 4.02. The van der Waals surface area contributed by atoms with E-state index in [4.69, 9.17) is 4.74 Å². The van der Waals surface area contributed by atoms with Crippen LogP contribution in [0.2, 0.25) is 0 Å². The molecule has 1 nitrogen and oxygen atoms in total. The number of rotatable bonds is 25. The fourth-order valence-corrected chi connectivity index (χ4v) is 4.02. The summed E-state index contributed by atoms with van der Waals surface area (Å²) in [6.07, 6.45) is 32.6. The molecule has 0 aromatic carbocycles. The Balaban J connectivity index is 2.96. The number of ether oxygens (including phenoxy) is 1. The summed E-state index contributed by atoms with van der Waals surface area (Å²) in [5.41, 5.74) is 0. The van der Waals surface area contributed by atoms with E-state index in [0.717, 1.165) is 13.2 Å². The summed E-state index contributed by atoms with van der Waals surface area (Å²) in [6.45, 7) is 6.57. The fraction of sp³-hybridized carbons (Fsp3) is 1.00. The highest BCUT2D eigenvalue weighted by molar-refractivity contribution is 4.50. The maximum Gasteiger partial charge on any atom is 0.0466 e. The Labute approximate surface area is 179 Å². The van der Waals surface area contributed by atoms with Gasteiger partial charge in [0.05, 0.1) is 0 Å². The standard InChI is InChI=1S/C27H56O/c1-3-5-7-9-11-12-13-14-15-16-17-18-19-21-23-25-27-28-26-24-22-20-10-8-6-4-2/h3-27H2,1-2H3. The molecule has 0 spiro atoms. The van der Waals surface area contributed by atoms with Gasteiger partial charge in [0, 0.05) is 13.2 Å². The number of hydrogen-bond acceptors (Lipinski definition) is 1. The molecule has 0 saturated heterocycles. The van der Waals surface area contributed by atoms with Gasteiger partial charge in [-0.3, -0.25) is 0 Å². The molecular weight excluding hydrogens is 340 g/mol. The van der Waals surface area contributed by atoms with E-state index in [0.29, 0.717) is 0 Å². The van der Waals surface area contributed by atoms with Crippen LogP contribution in [0.1, 0.15) is 162 Å². The second-order valence-electron chi connectivity index (χ2n) is 9.04. The second kappa shape index (κ2) is 27.0. The summed E-state index contributed by atoms with van der Waals surface area (Å²) in [6, 6.07) is 0. The van der Waals surface area contributed by atoms with Gasteiger partial charge in [0.15, 0.2) is 0 Å². The highest BCUT2D eigenvalue weighted by atomic mass is 16.5. The topological polar surface area (TPSA) is 9.23 Å². The molecule has 1 heteroatoms. The summed E-state index contributed by atoms with van der Waals surface area (Å²) in [5.74, 6) is 0. The third-order valence-electron chi connectivity index (χ3n) is 6.03.